The van der Waals surface area contributed by atoms with Crippen molar-refractivity contribution in [3.05, 3.63) is 59.2 Å². The molecule has 0 saturated heterocycles. The maximum absolute atomic E-state index is 12.7. The molecule has 7 nitrogen and oxygen atoms in total. The van der Waals surface area contributed by atoms with Crippen LogP contribution in [0.15, 0.2) is 42.5 Å². The first-order valence-electron chi connectivity index (χ1n) is 8.27. The highest BCUT2D eigenvalue weighted by Gasteiger charge is 2.18. The maximum Gasteiger partial charge on any atom is 0.340 e. The van der Waals surface area contributed by atoms with E-state index < -0.39 is 21.9 Å². The average Bonchev–Trinajstić information content (AvgIpc) is 2.61. The molecular formula is C19H22N2O5S. The number of nitrogens with one attached hydrogen (secondary N) is 1. The lowest BCUT2D eigenvalue weighted by atomic mass is 10.1. The van der Waals surface area contributed by atoms with E-state index in [1.165, 1.54) is 13.1 Å². The van der Waals surface area contributed by atoms with Crippen molar-refractivity contribution in [1.29, 1.82) is 0 Å². The fraction of sp³-hybridized carbons (Fsp3) is 0.263. The van der Waals surface area contributed by atoms with Gasteiger partial charge in [0.2, 0.25) is 10.0 Å². The number of carbonyl (C=O) groups excluding carboxylic acids is 2. The van der Waals surface area contributed by atoms with Crippen molar-refractivity contribution in [3.8, 4) is 0 Å². The molecule has 0 spiro atoms. The van der Waals surface area contributed by atoms with Crippen LogP contribution in [0.3, 0.4) is 0 Å². The molecule has 0 saturated carbocycles. The highest BCUT2D eigenvalue weighted by atomic mass is 32.2. The van der Waals surface area contributed by atoms with Crippen molar-refractivity contribution in [3.63, 3.8) is 0 Å². The number of hydrogen-bond donors (Lipinski definition) is 1. The number of sulfonamides is 1. The molecule has 8 heteroatoms. The number of carbonyl (C=O) groups is 2. The van der Waals surface area contributed by atoms with Crippen LogP contribution in [0.25, 0.3) is 0 Å². The molecule has 0 fully saturated rings. The number of nitrogens with zero attached hydrogens (tertiary/aromatic N) is 1. The molecule has 1 N–H and O–H groups in total. The van der Waals surface area contributed by atoms with Gasteiger partial charge >= 0.3 is 5.97 Å². The number of aryl methyl sites for hydroxylation is 1. The number of rotatable bonds is 6. The van der Waals surface area contributed by atoms with Gasteiger partial charge in [-0.2, -0.15) is 0 Å². The van der Waals surface area contributed by atoms with Gasteiger partial charge in [0.25, 0.3) is 5.91 Å². The smallest absolute Gasteiger partial charge is 0.340 e. The third-order valence-corrected chi connectivity index (χ3v) is 5.17. The molecule has 0 radical (unpaired) electrons. The van der Waals surface area contributed by atoms with Gasteiger partial charge in [-0.05, 0) is 43.7 Å². The van der Waals surface area contributed by atoms with Crippen molar-refractivity contribution >= 4 is 33.3 Å². The molecule has 0 unspecified atom stereocenters. The summed E-state index contributed by atoms with van der Waals surface area (Å²) in [5, 5.41) is 2.68. The Labute approximate surface area is 159 Å². The van der Waals surface area contributed by atoms with Crippen molar-refractivity contribution in [1.82, 2.24) is 0 Å². The molecule has 2 aromatic rings. The summed E-state index contributed by atoms with van der Waals surface area (Å²) in [7, 11) is -2.04. The van der Waals surface area contributed by atoms with Gasteiger partial charge in [-0.15, -0.1) is 0 Å². The molecule has 1 amide bonds. The summed E-state index contributed by atoms with van der Waals surface area (Å²) in [5.41, 5.74) is 1.95. The summed E-state index contributed by atoms with van der Waals surface area (Å²) < 4.78 is 29.7. The number of para-hydroxylation sites is 1. The summed E-state index contributed by atoms with van der Waals surface area (Å²) in [5.74, 6) is -0.996. The lowest BCUT2D eigenvalue weighted by Gasteiger charge is -2.20. The van der Waals surface area contributed by atoms with Crippen molar-refractivity contribution < 1.29 is 22.7 Å². The van der Waals surface area contributed by atoms with Gasteiger partial charge in [0.15, 0.2) is 0 Å². The normalized spacial score (nSPS) is 11.0. The van der Waals surface area contributed by atoms with Crippen LogP contribution < -0.4 is 9.62 Å². The van der Waals surface area contributed by atoms with Crippen molar-refractivity contribution in [2.45, 2.75) is 13.8 Å². The minimum absolute atomic E-state index is 0.222. The molecule has 27 heavy (non-hydrogen) atoms. The third kappa shape index (κ3) is 4.85. The molecule has 0 aliphatic heterocycles. The highest BCUT2D eigenvalue weighted by Crippen LogP contribution is 2.24. The summed E-state index contributed by atoms with van der Waals surface area (Å²) in [6.45, 7) is 3.68. The summed E-state index contributed by atoms with van der Waals surface area (Å²) >= 11 is 0. The molecule has 0 aliphatic rings. The molecule has 2 aromatic carbocycles. The van der Waals surface area contributed by atoms with E-state index in [2.05, 4.69) is 5.32 Å². The van der Waals surface area contributed by atoms with Crippen molar-refractivity contribution in [2.75, 3.05) is 29.5 Å². The first kappa shape index (κ1) is 20.4. The number of benzene rings is 2. The topological polar surface area (TPSA) is 92.8 Å². The molecule has 0 bridgehead atoms. The van der Waals surface area contributed by atoms with Crippen LogP contribution in [-0.2, 0) is 14.8 Å². The van der Waals surface area contributed by atoms with Gasteiger partial charge in [-0.3, -0.25) is 9.10 Å². The minimum atomic E-state index is -3.46. The van der Waals surface area contributed by atoms with Gasteiger partial charge in [0.05, 0.1) is 29.8 Å². The van der Waals surface area contributed by atoms with E-state index in [-0.39, 0.29) is 17.7 Å². The van der Waals surface area contributed by atoms with Crippen LogP contribution in [-0.4, -0.2) is 40.2 Å². The summed E-state index contributed by atoms with van der Waals surface area (Å²) in [6.07, 6.45) is 1.09. The Kier molecular flexibility index (Phi) is 6.22. The zero-order valence-electron chi connectivity index (χ0n) is 15.6. The van der Waals surface area contributed by atoms with Gasteiger partial charge in [0, 0.05) is 12.6 Å². The Morgan fingerprint density at radius 2 is 1.81 bits per heavy atom. The monoisotopic (exact) mass is 390 g/mol. The first-order valence-corrected chi connectivity index (χ1v) is 10.1. The first-order chi connectivity index (χ1) is 12.6. The van der Waals surface area contributed by atoms with Crippen LogP contribution >= 0.6 is 0 Å². The predicted octanol–water partition coefficient (Wildman–Crippen LogP) is 2.82. The number of esters is 1. The Balaban J connectivity index is 2.34. The van der Waals surface area contributed by atoms with Gasteiger partial charge < -0.3 is 10.1 Å². The number of hydrogen-bond acceptors (Lipinski definition) is 5. The van der Waals surface area contributed by atoms with E-state index in [9.17, 15) is 18.0 Å². The van der Waals surface area contributed by atoms with E-state index in [1.807, 2.05) is 0 Å². The van der Waals surface area contributed by atoms with E-state index >= 15 is 0 Å². The number of anilines is 2. The van der Waals surface area contributed by atoms with Gasteiger partial charge in [0.1, 0.15) is 0 Å². The minimum Gasteiger partial charge on any atom is -0.462 e. The van der Waals surface area contributed by atoms with Crippen molar-refractivity contribution in [2.24, 2.45) is 0 Å². The standard InChI is InChI=1S/C19H22N2O5S/c1-5-26-19(23)15-8-6-7-9-16(15)20-18(22)14-11-10-13(2)17(12-14)21(3)27(4,24)25/h6-12H,5H2,1-4H3,(H,20,22). The number of amides is 1. The van der Waals surface area contributed by atoms with Crippen LogP contribution in [0.1, 0.15) is 33.2 Å². The molecular weight excluding hydrogens is 368 g/mol. The quantitative estimate of drug-likeness (QED) is 0.766. The largest absolute Gasteiger partial charge is 0.462 e. The zero-order valence-corrected chi connectivity index (χ0v) is 16.5. The maximum atomic E-state index is 12.7. The second-order valence-electron chi connectivity index (χ2n) is 5.95. The van der Waals surface area contributed by atoms with Crippen LogP contribution in [0.4, 0.5) is 11.4 Å². The van der Waals surface area contributed by atoms with Gasteiger partial charge in [-0.25, -0.2) is 13.2 Å². The van der Waals surface area contributed by atoms with Crippen LogP contribution in [0.2, 0.25) is 0 Å². The van der Waals surface area contributed by atoms with E-state index in [1.54, 1.807) is 50.2 Å². The summed E-state index contributed by atoms with van der Waals surface area (Å²) in [6, 6.07) is 11.3. The molecule has 0 atom stereocenters. The van der Waals surface area contributed by atoms with E-state index in [0.29, 0.717) is 16.9 Å². The summed E-state index contributed by atoms with van der Waals surface area (Å²) in [4.78, 5) is 24.7. The van der Waals surface area contributed by atoms with E-state index in [0.717, 1.165) is 10.6 Å². The fourth-order valence-electron chi connectivity index (χ4n) is 2.44. The third-order valence-electron chi connectivity index (χ3n) is 3.98. The predicted molar refractivity (Wildman–Crippen MR) is 105 cm³/mol. The fourth-order valence-corrected chi connectivity index (χ4v) is 3.00. The lowest BCUT2D eigenvalue weighted by molar-refractivity contribution is 0.0527. The SMILES string of the molecule is CCOC(=O)c1ccccc1NC(=O)c1ccc(C)c(N(C)S(C)(=O)=O)c1. The molecule has 144 valence electrons. The Bertz CT molecular complexity index is 970. The Morgan fingerprint density at radius 1 is 1.15 bits per heavy atom. The Hall–Kier alpha value is -2.87. The molecule has 2 rings (SSSR count). The molecule has 0 heterocycles. The number of ether oxygens (including phenoxy) is 1. The van der Waals surface area contributed by atoms with Gasteiger partial charge in [-0.1, -0.05) is 18.2 Å². The second-order valence-corrected chi connectivity index (χ2v) is 7.97. The molecule has 0 aromatic heterocycles. The lowest BCUT2D eigenvalue weighted by Crippen LogP contribution is -2.26. The van der Waals surface area contributed by atoms with Crippen LogP contribution in [0, 0.1) is 6.92 Å². The molecule has 0 aliphatic carbocycles. The van der Waals surface area contributed by atoms with E-state index in [4.69, 9.17) is 4.74 Å². The Morgan fingerprint density at radius 3 is 2.44 bits per heavy atom. The second kappa shape index (κ2) is 8.22. The zero-order chi connectivity index (χ0) is 20.2. The average molecular weight is 390 g/mol. The van der Waals surface area contributed by atoms with Crippen LogP contribution in [0.5, 0.6) is 0 Å². The highest BCUT2D eigenvalue weighted by molar-refractivity contribution is 7.92.